The van der Waals surface area contributed by atoms with Gasteiger partial charge in [0.2, 0.25) is 0 Å². The number of ether oxygens (including phenoxy) is 1. The van der Waals surface area contributed by atoms with Gasteiger partial charge in [-0.15, -0.1) is 0 Å². The van der Waals surface area contributed by atoms with Crippen LogP contribution >= 0.6 is 0 Å². The van der Waals surface area contributed by atoms with E-state index in [2.05, 4.69) is 47.2 Å². The zero-order valence-electron chi connectivity index (χ0n) is 14.4. The summed E-state index contributed by atoms with van der Waals surface area (Å²) in [6.07, 6.45) is 3.08. The smallest absolute Gasteiger partial charge is 0.119 e. The lowest BCUT2D eigenvalue weighted by atomic mass is 9.86. The maximum atomic E-state index is 9.56. The van der Waals surface area contributed by atoms with E-state index in [1.807, 2.05) is 32.0 Å². The highest BCUT2D eigenvalue weighted by atomic mass is 16.5. The molecule has 3 heteroatoms. The van der Waals surface area contributed by atoms with Gasteiger partial charge in [-0.1, -0.05) is 30.3 Å². The fourth-order valence-corrected chi connectivity index (χ4v) is 3.04. The molecule has 0 atom stereocenters. The molecule has 0 saturated heterocycles. The number of nitriles is 1. The second-order valence-corrected chi connectivity index (χ2v) is 6.59. The summed E-state index contributed by atoms with van der Waals surface area (Å²) in [7, 11) is 1.67. The quantitative estimate of drug-likeness (QED) is 0.684. The summed E-state index contributed by atoms with van der Waals surface area (Å²) in [6.45, 7) is 4.81. The second-order valence-electron chi connectivity index (χ2n) is 6.59. The van der Waals surface area contributed by atoms with Crippen molar-refractivity contribution in [1.82, 2.24) is 4.57 Å². The van der Waals surface area contributed by atoms with Crippen molar-refractivity contribution >= 4 is 10.9 Å². The number of hydrogen-bond acceptors (Lipinski definition) is 2. The topological polar surface area (TPSA) is 37.9 Å². The molecule has 0 radical (unpaired) electrons. The Balaban J connectivity index is 2.03. The Hall–Kier alpha value is -2.73. The molecule has 0 spiro atoms. The van der Waals surface area contributed by atoms with E-state index in [1.165, 1.54) is 5.56 Å². The van der Waals surface area contributed by atoms with Gasteiger partial charge in [-0.2, -0.15) is 5.26 Å². The lowest BCUT2D eigenvalue weighted by Crippen LogP contribution is -2.13. The number of benzene rings is 2. The largest absolute Gasteiger partial charge is 0.497 e. The minimum atomic E-state index is -0.539. The number of methoxy groups -OCH3 is 1. The number of nitrogens with zero attached hydrogens (tertiary/aromatic N) is 2. The van der Waals surface area contributed by atoms with Crippen LogP contribution in [0.2, 0.25) is 0 Å². The molecule has 122 valence electrons. The highest BCUT2D eigenvalue weighted by molar-refractivity contribution is 5.87. The van der Waals surface area contributed by atoms with Gasteiger partial charge in [0.15, 0.2) is 0 Å². The van der Waals surface area contributed by atoms with Crippen LogP contribution in [0.3, 0.4) is 0 Å². The van der Waals surface area contributed by atoms with Crippen LogP contribution in [0.15, 0.2) is 54.7 Å². The molecule has 0 aliphatic heterocycles. The van der Waals surface area contributed by atoms with Gasteiger partial charge in [0.1, 0.15) is 5.75 Å². The summed E-state index contributed by atoms with van der Waals surface area (Å²) in [5.41, 5.74) is 2.97. The highest BCUT2D eigenvalue weighted by Gasteiger charge is 2.25. The zero-order chi connectivity index (χ0) is 17.2. The molecule has 0 unspecified atom stereocenters. The van der Waals surface area contributed by atoms with Crippen molar-refractivity contribution in [3.8, 4) is 11.8 Å². The van der Waals surface area contributed by atoms with Crippen molar-refractivity contribution in [1.29, 1.82) is 5.26 Å². The molecule has 0 aliphatic carbocycles. The van der Waals surface area contributed by atoms with E-state index in [0.29, 0.717) is 0 Å². The predicted octanol–water partition coefficient (Wildman–Crippen LogP) is 4.69. The molecule has 1 heterocycles. The Labute approximate surface area is 143 Å². The zero-order valence-corrected chi connectivity index (χ0v) is 14.4. The lowest BCUT2D eigenvalue weighted by Gasteiger charge is -2.14. The van der Waals surface area contributed by atoms with E-state index < -0.39 is 5.41 Å². The third-order valence-corrected chi connectivity index (χ3v) is 4.53. The van der Waals surface area contributed by atoms with Crippen LogP contribution < -0.4 is 4.74 Å². The minimum Gasteiger partial charge on any atom is -0.497 e. The summed E-state index contributed by atoms with van der Waals surface area (Å²) in [4.78, 5) is 0. The summed E-state index contributed by atoms with van der Waals surface area (Å²) >= 11 is 0. The molecule has 24 heavy (non-hydrogen) atoms. The Bertz CT molecular complexity index is 885. The van der Waals surface area contributed by atoms with Gasteiger partial charge in [-0.05, 0) is 49.6 Å². The van der Waals surface area contributed by atoms with Crippen LogP contribution in [-0.2, 0) is 18.4 Å². The van der Waals surface area contributed by atoms with Gasteiger partial charge in [-0.25, -0.2) is 0 Å². The normalized spacial score (nSPS) is 11.4. The van der Waals surface area contributed by atoms with Crippen molar-refractivity contribution in [2.24, 2.45) is 0 Å². The summed E-state index contributed by atoms with van der Waals surface area (Å²) < 4.78 is 7.62. The molecule has 0 saturated carbocycles. The molecule has 0 amide bonds. The monoisotopic (exact) mass is 318 g/mol. The van der Waals surface area contributed by atoms with Gasteiger partial charge in [0, 0.05) is 23.6 Å². The van der Waals surface area contributed by atoms with E-state index in [1.54, 1.807) is 7.11 Å². The third kappa shape index (κ3) is 3.00. The summed E-state index contributed by atoms with van der Waals surface area (Å²) in [5.74, 6) is 0.818. The van der Waals surface area contributed by atoms with Crippen molar-refractivity contribution in [3.05, 3.63) is 65.9 Å². The first kappa shape index (κ1) is 16.1. The average molecular weight is 318 g/mol. The number of rotatable bonds is 5. The average Bonchev–Trinajstić information content (AvgIpc) is 2.99. The van der Waals surface area contributed by atoms with Gasteiger partial charge < -0.3 is 9.30 Å². The van der Waals surface area contributed by atoms with Crippen LogP contribution in [0, 0.1) is 11.3 Å². The molecule has 3 rings (SSSR count). The van der Waals surface area contributed by atoms with E-state index in [-0.39, 0.29) is 0 Å². The molecular formula is C21H22N2O. The first-order valence-electron chi connectivity index (χ1n) is 8.17. The number of hydrogen-bond donors (Lipinski definition) is 0. The van der Waals surface area contributed by atoms with Gasteiger partial charge in [0.05, 0.1) is 18.6 Å². The molecule has 0 bridgehead atoms. The molecule has 0 N–H and O–H groups in total. The van der Waals surface area contributed by atoms with Crippen LogP contribution in [0.5, 0.6) is 5.75 Å². The van der Waals surface area contributed by atoms with E-state index in [0.717, 1.165) is 35.2 Å². The van der Waals surface area contributed by atoms with E-state index in [9.17, 15) is 5.26 Å². The van der Waals surface area contributed by atoms with Crippen LogP contribution in [0.4, 0.5) is 0 Å². The molecule has 1 aromatic heterocycles. The predicted molar refractivity (Wildman–Crippen MR) is 97.3 cm³/mol. The molecule has 0 aliphatic rings. The van der Waals surface area contributed by atoms with Crippen LogP contribution in [-0.4, -0.2) is 11.7 Å². The number of aryl methyl sites for hydroxylation is 2. The van der Waals surface area contributed by atoms with E-state index >= 15 is 0 Å². The minimum absolute atomic E-state index is 0.539. The standard InChI is InChI=1S/C21H22N2O/c1-21(2,15-22)19-14-23(12-11-16-7-5-4-6-8-16)20-10-9-17(24-3)13-18(19)20/h4-10,13-14H,11-12H2,1-3H3. The third-order valence-electron chi connectivity index (χ3n) is 4.53. The Morgan fingerprint density at radius 3 is 2.54 bits per heavy atom. The second kappa shape index (κ2) is 6.41. The maximum absolute atomic E-state index is 9.56. The highest BCUT2D eigenvalue weighted by Crippen LogP contribution is 2.34. The van der Waals surface area contributed by atoms with E-state index in [4.69, 9.17) is 4.74 Å². The number of fused-ring (bicyclic) bond motifs is 1. The Morgan fingerprint density at radius 1 is 1.12 bits per heavy atom. The SMILES string of the molecule is COc1ccc2c(c1)c(C(C)(C)C#N)cn2CCc1ccccc1. The molecule has 3 nitrogen and oxygen atoms in total. The van der Waals surface area contributed by atoms with Crippen molar-refractivity contribution in [3.63, 3.8) is 0 Å². The fraction of sp³-hybridized carbons (Fsp3) is 0.286. The summed E-state index contributed by atoms with van der Waals surface area (Å²) in [5, 5.41) is 10.7. The lowest BCUT2D eigenvalue weighted by molar-refractivity contribution is 0.415. The Morgan fingerprint density at radius 2 is 1.88 bits per heavy atom. The number of aromatic nitrogens is 1. The van der Waals surface area contributed by atoms with Crippen molar-refractivity contribution in [2.45, 2.75) is 32.2 Å². The van der Waals surface area contributed by atoms with Crippen LogP contribution in [0.1, 0.15) is 25.0 Å². The van der Waals surface area contributed by atoms with Crippen molar-refractivity contribution in [2.75, 3.05) is 7.11 Å². The van der Waals surface area contributed by atoms with Gasteiger partial charge >= 0.3 is 0 Å². The Kier molecular flexibility index (Phi) is 4.31. The van der Waals surface area contributed by atoms with Crippen molar-refractivity contribution < 1.29 is 4.74 Å². The summed E-state index contributed by atoms with van der Waals surface area (Å²) in [6, 6.07) is 19.0. The molecule has 3 aromatic rings. The molecule has 2 aromatic carbocycles. The first-order chi connectivity index (χ1) is 11.5. The fourth-order valence-electron chi connectivity index (χ4n) is 3.04. The van der Waals surface area contributed by atoms with Gasteiger partial charge in [-0.3, -0.25) is 0 Å². The molecular weight excluding hydrogens is 296 g/mol. The van der Waals surface area contributed by atoms with Gasteiger partial charge in [0.25, 0.3) is 0 Å². The molecule has 0 fully saturated rings. The first-order valence-corrected chi connectivity index (χ1v) is 8.17. The van der Waals surface area contributed by atoms with Crippen LogP contribution in [0.25, 0.3) is 10.9 Å². The maximum Gasteiger partial charge on any atom is 0.119 e.